The standard InChI is InChI=1S/C9H14ClNS/c1-12(2,3)9-5-4-7(11)6-8(9)10/h4-6H,11H2,1-3H3. The van der Waals surface area contributed by atoms with Crippen LogP contribution in [0, 0.1) is 0 Å². The summed E-state index contributed by atoms with van der Waals surface area (Å²) in [5.41, 5.74) is 6.32. The quantitative estimate of drug-likeness (QED) is 0.698. The molecule has 0 aromatic heterocycles. The number of benzene rings is 1. The summed E-state index contributed by atoms with van der Waals surface area (Å²) in [6, 6.07) is 5.74. The summed E-state index contributed by atoms with van der Waals surface area (Å²) in [4.78, 5) is 1.22. The van der Waals surface area contributed by atoms with Gasteiger partial charge in [-0.3, -0.25) is 0 Å². The molecule has 3 heteroatoms. The second kappa shape index (κ2) is 3.19. The molecule has 0 aliphatic heterocycles. The monoisotopic (exact) mass is 203 g/mol. The number of hydrogen-bond donors (Lipinski definition) is 1. The average molecular weight is 204 g/mol. The highest BCUT2D eigenvalue weighted by molar-refractivity contribution is 8.32. The van der Waals surface area contributed by atoms with E-state index in [-0.39, 0.29) is 0 Å². The fraction of sp³-hybridized carbons (Fsp3) is 0.333. The van der Waals surface area contributed by atoms with E-state index in [4.69, 9.17) is 17.3 Å². The molecule has 0 fully saturated rings. The van der Waals surface area contributed by atoms with Crippen molar-refractivity contribution in [3.8, 4) is 0 Å². The van der Waals surface area contributed by atoms with Gasteiger partial charge in [0.05, 0.1) is 5.02 Å². The molecule has 0 atom stereocenters. The Bertz CT molecular complexity index is 291. The van der Waals surface area contributed by atoms with Gasteiger partial charge in [0.25, 0.3) is 0 Å². The third kappa shape index (κ3) is 2.08. The van der Waals surface area contributed by atoms with Gasteiger partial charge in [0, 0.05) is 10.6 Å². The van der Waals surface area contributed by atoms with Crippen LogP contribution in [0.3, 0.4) is 0 Å². The molecule has 1 aromatic rings. The van der Waals surface area contributed by atoms with E-state index in [1.165, 1.54) is 4.90 Å². The molecule has 0 heterocycles. The van der Waals surface area contributed by atoms with Crippen LogP contribution < -0.4 is 5.73 Å². The summed E-state index contributed by atoms with van der Waals surface area (Å²) < 4.78 is 0. The lowest BCUT2D eigenvalue weighted by Crippen LogP contribution is -1.95. The predicted octanol–water partition coefficient (Wildman–Crippen LogP) is 2.98. The van der Waals surface area contributed by atoms with Crippen LogP contribution in [0.15, 0.2) is 23.1 Å². The van der Waals surface area contributed by atoms with Gasteiger partial charge >= 0.3 is 0 Å². The second-order valence-electron chi connectivity index (χ2n) is 3.53. The molecule has 0 amide bonds. The van der Waals surface area contributed by atoms with Gasteiger partial charge in [0.15, 0.2) is 0 Å². The van der Waals surface area contributed by atoms with Crippen molar-refractivity contribution in [3.05, 3.63) is 23.2 Å². The van der Waals surface area contributed by atoms with Gasteiger partial charge in [-0.25, -0.2) is 10.0 Å². The molecule has 0 saturated heterocycles. The number of halogens is 1. The van der Waals surface area contributed by atoms with E-state index in [0.717, 1.165) is 10.7 Å². The molecule has 0 spiro atoms. The molecule has 0 saturated carbocycles. The first-order chi connectivity index (χ1) is 5.41. The number of rotatable bonds is 1. The van der Waals surface area contributed by atoms with Crippen LogP contribution >= 0.6 is 21.6 Å². The van der Waals surface area contributed by atoms with Crippen molar-refractivity contribution in [1.82, 2.24) is 0 Å². The van der Waals surface area contributed by atoms with Crippen LogP contribution in [0.4, 0.5) is 5.69 Å². The molecule has 2 N–H and O–H groups in total. The van der Waals surface area contributed by atoms with Gasteiger partial charge in [-0.2, -0.15) is 0 Å². The Hall–Kier alpha value is -0.340. The fourth-order valence-corrected chi connectivity index (χ4v) is 3.02. The maximum absolute atomic E-state index is 6.05. The zero-order valence-corrected chi connectivity index (χ0v) is 9.17. The zero-order valence-electron chi connectivity index (χ0n) is 7.60. The minimum absolute atomic E-state index is 0.729. The predicted molar refractivity (Wildman–Crippen MR) is 59.5 cm³/mol. The Labute approximate surface area is 80.2 Å². The summed E-state index contributed by atoms with van der Waals surface area (Å²) >= 11 is 6.05. The van der Waals surface area contributed by atoms with Gasteiger partial charge in [-0.1, -0.05) is 11.6 Å². The minimum atomic E-state index is -0.738. The smallest absolute Gasteiger partial charge is 0.0547 e. The largest absolute Gasteiger partial charge is 0.399 e. The van der Waals surface area contributed by atoms with Crippen LogP contribution in [-0.4, -0.2) is 18.8 Å². The van der Waals surface area contributed by atoms with Crippen molar-refractivity contribution in [3.63, 3.8) is 0 Å². The molecular formula is C9H14ClNS. The normalized spacial score (nSPS) is 13.0. The van der Waals surface area contributed by atoms with Crippen molar-refractivity contribution >= 4 is 27.3 Å². The summed E-state index contributed by atoms with van der Waals surface area (Å²) in [7, 11) is -0.738. The number of anilines is 1. The van der Waals surface area contributed by atoms with Crippen LogP contribution in [0.1, 0.15) is 0 Å². The van der Waals surface area contributed by atoms with Crippen LogP contribution in [0.25, 0.3) is 0 Å². The summed E-state index contributed by atoms with van der Waals surface area (Å²) in [6.45, 7) is 0. The molecule has 1 rings (SSSR count). The maximum atomic E-state index is 6.05. The Morgan fingerprint density at radius 3 is 2.25 bits per heavy atom. The Kier molecular flexibility index (Phi) is 2.59. The van der Waals surface area contributed by atoms with E-state index in [1.807, 2.05) is 18.2 Å². The average Bonchev–Trinajstić information content (AvgIpc) is 1.83. The maximum Gasteiger partial charge on any atom is 0.0547 e. The topological polar surface area (TPSA) is 26.0 Å². The zero-order chi connectivity index (χ0) is 9.35. The van der Waals surface area contributed by atoms with Crippen LogP contribution in [-0.2, 0) is 0 Å². The highest BCUT2D eigenvalue weighted by Crippen LogP contribution is 2.48. The molecule has 12 heavy (non-hydrogen) atoms. The minimum Gasteiger partial charge on any atom is -0.399 e. The summed E-state index contributed by atoms with van der Waals surface area (Å²) in [6.07, 6.45) is 6.64. The third-order valence-corrected chi connectivity index (χ3v) is 3.72. The van der Waals surface area contributed by atoms with Gasteiger partial charge in [-0.15, -0.1) is 0 Å². The number of hydrogen-bond acceptors (Lipinski definition) is 1. The van der Waals surface area contributed by atoms with E-state index in [9.17, 15) is 0 Å². The molecule has 68 valence electrons. The molecule has 1 nitrogen and oxygen atoms in total. The molecule has 1 aromatic carbocycles. The first-order valence-corrected chi connectivity index (χ1v) is 6.88. The van der Waals surface area contributed by atoms with E-state index in [0.29, 0.717) is 0 Å². The van der Waals surface area contributed by atoms with E-state index in [2.05, 4.69) is 18.8 Å². The van der Waals surface area contributed by atoms with Crippen molar-refractivity contribution in [1.29, 1.82) is 0 Å². The van der Waals surface area contributed by atoms with E-state index in [1.54, 1.807) is 0 Å². The second-order valence-corrected chi connectivity index (χ2v) is 8.05. The Balaban J connectivity index is 3.19. The highest BCUT2D eigenvalue weighted by atomic mass is 35.5. The first-order valence-electron chi connectivity index (χ1n) is 3.64. The first kappa shape index (κ1) is 9.75. The van der Waals surface area contributed by atoms with Gasteiger partial charge < -0.3 is 5.73 Å². The van der Waals surface area contributed by atoms with E-state index >= 15 is 0 Å². The van der Waals surface area contributed by atoms with Gasteiger partial charge in [-0.05, 0) is 37.0 Å². The summed E-state index contributed by atoms with van der Waals surface area (Å²) in [5.74, 6) is 0. The molecule has 0 unspecified atom stereocenters. The molecular weight excluding hydrogens is 190 g/mol. The molecule has 0 radical (unpaired) electrons. The molecule has 0 bridgehead atoms. The molecule has 0 aliphatic carbocycles. The van der Waals surface area contributed by atoms with Crippen molar-refractivity contribution in [2.75, 3.05) is 24.5 Å². The number of nitrogen functional groups attached to an aromatic ring is 1. The SMILES string of the molecule is CS(C)(C)c1ccc(N)cc1Cl. The lowest BCUT2D eigenvalue weighted by Gasteiger charge is -2.26. The fourth-order valence-electron chi connectivity index (χ4n) is 1.01. The lowest BCUT2D eigenvalue weighted by atomic mass is 10.3. The van der Waals surface area contributed by atoms with Gasteiger partial charge in [0.1, 0.15) is 0 Å². The Morgan fingerprint density at radius 1 is 1.25 bits per heavy atom. The third-order valence-electron chi connectivity index (χ3n) is 1.62. The highest BCUT2D eigenvalue weighted by Gasteiger charge is 2.11. The van der Waals surface area contributed by atoms with Crippen molar-refractivity contribution < 1.29 is 0 Å². The van der Waals surface area contributed by atoms with Crippen molar-refractivity contribution in [2.24, 2.45) is 0 Å². The van der Waals surface area contributed by atoms with E-state index < -0.39 is 10.0 Å². The van der Waals surface area contributed by atoms with Crippen LogP contribution in [0.2, 0.25) is 5.02 Å². The van der Waals surface area contributed by atoms with Gasteiger partial charge in [0.2, 0.25) is 0 Å². The Morgan fingerprint density at radius 2 is 1.83 bits per heavy atom. The van der Waals surface area contributed by atoms with Crippen molar-refractivity contribution in [2.45, 2.75) is 4.90 Å². The van der Waals surface area contributed by atoms with Crippen LogP contribution in [0.5, 0.6) is 0 Å². The lowest BCUT2D eigenvalue weighted by molar-refractivity contribution is 1.44. The summed E-state index contributed by atoms with van der Waals surface area (Å²) in [5, 5.41) is 0.789. The molecule has 0 aliphatic rings. The number of nitrogens with two attached hydrogens (primary N) is 1.